The summed E-state index contributed by atoms with van der Waals surface area (Å²) in [5, 5.41) is 1.36. The van der Waals surface area contributed by atoms with Crippen LogP contribution in [-0.2, 0) is 30.9 Å². The zero-order valence-electron chi connectivity index (χ0n) is 11.0. The van der Waals surface area contributed by atoms with Gasteiger partial charge in [0.1, 0.15) is 0 Å². The summed E-state index contributed by atoms with van der Waals surface area (Å²) in [5.41, 5.74) is 0. The van der Waals surface area contributed by atoms with Gasteiger partial charge in [0, 0.05) is 8.80 Å². The first kappa shape index (κ1) is 23.5. The van der Waals surface area contributed by atoms with Gasteiger partial charge in [-0.05, 0) is 5.76 Å². The Morgan fingerprint density at radius 3 is 2.17 bits per heavy atom. The number of rotatable bonds is 2. The van der Waals surface area contributed by atoms with Gasteiger partial charge in [-0.25, -0.2) is 12.2 Å². The third kappa shape index (κ3) is 8.53. The van der Waals surface area contributed by atoms with E-state index in [0.29, 0.717) is 0 Å². The van der Waals surface area contributed by atoms with E-state index in [-0.39, 0.29) is 51.0 Å². The van der Waals surface area contributed by atoms with Gasteiger partial charge >= 0.3 is 26.2 Å². The first-order valence-electron chi connectivity index (χ1n) is 5.32. The molecule has 5 heteroatoms. The molecule has 0 fully saturated rings. The minimum absolute atomic E-state index is 0. The predicted octanol–water partition coefficient (Wildman–Crippen LogP) is -3.01. The Labute approximate surface area is 144 Å². The van der Waals surface area contributed by atoms with Crippen LogP contribution in [-0.4, -0.2) is 15.9 Å². The third-order valence-corrected chi connectivity index (χ3v) is 3.87. The molecule has 0 amide bonds. The number of hydrogen-bond acceptors (Lipinski definition) is 1. The summed E-state index contributed by atoms with van der Waals surface area (Å²) in [4.78, 5) is 0. The minimum Gasteiger partial charge on any atom is -1.00 e. The van der Waals surface area contributed by atoms with Crippen molar-refractivity contribution in [1.82, 2.24) is 0 Å². The SMILES string of the molecule is COC1=CC[C-]=C1[SiH](C)C.[C-]1=CC=CC1.[Cl-].[Cl-].[Zr+4]. The van der Waals surface area contributed by atoms with Crippen molar-refractivity contribution in [2.75, 3.05) is 7.11 Å². The van der Waals surface area contributed by atoms with E-state index in [1.807, 2.05) is 12.2 Å². The predicted molar refractivity (Wildman–Crippen MR) is 66.9 cm³/mol. The summed E-state index contributed by atoms with van der Waals surface area (Å²) >= 11 is 0. The first-order chi connectivity index (χ1) is 7.25. The Bertz CT molecular complexity index is 313. The Morgan fingerprint density at radius 2 is 1.89 bits per heavy atom. The summed E-state index contributed by atoms with van der Waals surface area (Å²) in [5.74, 6) is 1.07. The van der Waals surface area contributed by atoms with Crippen molar-refractivity contribution in [2.45, 2.75) is 25.9 Å². The molecule has 0 saturated heterocycles. The van der Waals surface area contributed by atoms with Gasteiger partial charge in [0.25, 0.3) is 0 Å². The molecule has 0 unspecified atom stereocenters. The molecule has 0 aliphatic heterocycles. The second kappa shape index (κ2) is 13.9. The van der Waals surface area contributed by atoms with E-state index in [0.717, 1.165) is 18.6 Å². The van der Waals surface area contributed by atoms with Gasteiger partial charge in [-0.2, -0.15) is 11.3 Å². The van der Waals surface area contributed by atoms with Crippen LogP contribution in [0.4, 0.5) is 0 Å². The molecule has 0 aromatic rings. The molecular formula is C13H18Cl2OSiZr. The maximum absolute atomic E-state index is 5.18. The molecule has 0 spiro atoms. The number of hydrogen-bond donors (Lipinski definition) is 0. The van der Waals surface area contributed by atoms with E-state index in [1.54, 1.807) is 7.11 Å². The fraction of sp³-hybridized carbons (Fsp3) is 0.385. The van der Waals surface area contributed by atoms with Gasteiger partial charge in [0.05, 0.1) is 7.11 Å². The standard InChI is InChI=1S/C8H13OSi.C5H5.2ClH.Zr/c1-9-7-5-4-6-8(7)10(2)3;1-2-4-5-3-1;;;/h5,10H,4H2,1-3H3;1-3H,4H2;2*1H;/q2*-1;;;+4/p-2. The average molecular weight is 381 g/mol. The van der Waals surface area contributed by atoms with Crippen LogP contribution in [0.1, 0.15) is 12.8 Å². The van der Waals surface area contributed by atoms with Crippen molar-refractivity contribution in [3.8, 4) is 0 Å². The minimum atomic E-state index is -0.686. The maximum Gasteiger partial charge on any atom is 4.00 e. The largest absolute Gasteiger partial charge is 4.00 e. The third-order valence-electron chi connectivity index (χ3n) is 2.23. The second-order valence-electron chi connectivity index (χ2n) is 3.72. The Hall–Kier alpha value is 0.440. The zero-order valence-corrected chi connectivity index (χ0v) is 16.1. The Kier molecular flexibility index (Phi) is 18.1. The van der Waals surface area contributed by atoms with E-state index in [9.17, 15) is 0 Å². The number of ether oxygens (including phenoxy) is 1. The first-order valence-corrected chi connectivity index (χ1v) is 8.21. The molecule has 0 heterocycles. The fourth-order valence-electron chi connectivity index (χ4n) is 1.47. The molecule has 0 saturated carbocycles. The molecule has 1 nitrogen and oxygen atoms in total. The average Bonchev–Trinajstić information content (AvgIpc) is 2.92. The molecule has 0 bridgehead atoms. The summed E-state index contributed by atoms with van der Waals surface area (Å²) in [6.45, 7) is 4.58. The van der Waals surface area contributed by atoms with Crippen molar-refractivity contribution < 1.29 is 55.8 Å². The topological polar surface area (TPSA) is 9.23 Å². The van der Waals surface area contributed by atoms with E-state index in [1.165, 1.54) is 5.20 Å². The van der Waals surface area contributed by atoms with Crippen molar-refractivity contribution in [1.29, 1.82) is 0 Å². The van der Waals surface area contributed by atoms with Gasteiger partial charge in [0.2, 0.25) is 0 Å². The van der Waals surface area contributed by atoms with Crippen LogP contribution in [0.25, 0.3) is 0 Å². The van der Waals surface area contributed by atoms with Crippen LogP contribution >= 0.6 is 0 Å². The summed E-state index contributed by atoms with van der Waals surface area (Å²) < 4.78 is 5.18. The molecule has 0 atom stereocenters. The smallest absolute Gasteiger partial charge is 1.00 e. The Balaban J connectivity index is -0.000000245. The van der Waals surface area contributed by atoms with Crippen LogP contribution in [0.15, 0.2) is 35.3 Å². The Morgan fingerprint density at radius 1 is 1.22 bits per heavy atom. The van der Waals surface area contributed by atoms with E-state index in [4.69, 9.17) is 4.74 Å². The van der Waals surface area contributed by atoms with Gasteiger partial charge in [-0.15, -0.1) is 18.9 Å². The molecular weight excluding hydrogens is 362 g/mol. The maximum atomic E-state index is 5.18. The van der Waals surface area contributed by atoms with Crippen molar-refractivity contribution >= 4 is 8.80 Å². The fourth-order valence-corrected chi connectivity index (χ4v) is 2.80. The molecule has 0 aromatic carbocycles. The summed E-state index contributed by atoms with van der Waals surface area (Å²) in [6.07, 6.45) is 16.4. The zero-order chi connectivity index (χ0) is 11.1. The van der Waals surface area contributed by atoms with Crippen LogP contribution in [0.2, 0.25) is 13.1 Å². The summed E-state index contributed by atoms with van der Waals surface area (Å²) in [6, 6.07) is 0. The van der Waals surface area contributed by atoms with Gasteiger partial charge < -0.3 is 29.6 Å². The number of halogens is 2. The summed E-state index contributed by atoms with van der Waals surface area (Å²) in [7, 11) is 1.05. The van der Waals surface area contributed by atoms with Crippen LogP contribution < -0.4 is 24.8 Å². The van der Waals surface area contributed by atoms with Crippen LogP contribution in [0.5, 0.6) is 0 Å². The molecule has 98 valence electrons. The number of methoxy groups -OCH3 is 1. The van der Waals surface area contributed by atoms with E-state index >= 15 is 0 Å². The molecule has 2 aliphatic rings. The van der Waals surface area contributed by atoms with Crippen molar-refractivity contribution in [3.63, 3.8) is 0 Å². The van der Waals surface area contributed by atoms with E-state index < -0.39 is 8.80 Å². The van der Waals surface area contributed by atoms with Crippen LogP contribution in [0.3, 0.4) is 0 Å². The molecule has 18 heavy (non-hydrogen) atoms. The quantitative estimate of drug-likeness (QED) is 0.366. The normalized spacial score (nSPS) is 14.4. The number of allylic oxidation sites excluding steroid dienone is 7. The van der Waals surface area contributed by atoms with Gasteiger partial charge in [0.15, 0.2) is 0 Å². The molecule has 2 aliphatic carbocycles. The van der Waals surface area contributed by atoms with Crippen molar-refractivity contribution in [3.05, 3.63) is 47.4 Å². The van der Waals surface area contributed by atoms with Gasteiger partial charge in [-0.3, -0.25) is 12.2 Å². The monoisotopic (exact) mass is 378 g/mol. The van der Waals surface area contributed by atoms with Crippen LogP contribution in [0, 0.1) is 12.2 Å². The van der Waals surface area contributed by atoms with Crippen molar-refractivity contribution in [2.24, 2.45) is 0 Å². The molecule has 2 rings (SSSR count). The molecule has 0 N–H and O–H groups in total. The van der Waals surface area contributed by atoms with E-state index in [2.05, 4.69) is 37.4 Å². The molecule has 0 radical (unpaired) electrons. The molecule has 0 aromatic heterocycles. The second-order valence-corrected chi connectivity index (χ2v) is 6.61. The van der Waals surface area contributed by atoms with Gasteiger partial charge in [-0.1, -0.05) is 13.1 Å².